The van der Waals surface area contributed by atoms with Gasteiger partial charge in [0.2, 0.25) is 0 Å². The van der Waals surface area contributed by atoms with Crippen molar-refractivity contribution >= 4 is 76.2 Å². The molecule has 2 aliphatic carbocycles. The number of nitrogens with zero attached hydrogens (tertiary/aromatic N) is 2. The van der Waals surface area contributed by atoms with Crippen LogP contribution in [0, 0.1) is 23.2 Å². The maximum Gasteiger partial charge on any atom is 0.349 e. The van der Waals surface area contributed by atoms with Gasteiger partial charge in [-0.1, -0.05) is 48.5 Å². The summed E-state index contributed by atoms with van der Waals surface area (Å²) < 4.78 is 10.8. The first-order valence-corrected chi connectivity index (χ1v) is 19.1. The third-order valence-electron chi connectivity index (χ3n) is 10.2. The van der Waals surface area contributed by atoms with Crippen molar-refractivity contribution in [3.05, 3.63) is 102 Å². The molecule has 4 unspecified atom stereocenters. The summed E-state index contributed by atoms with van der Waals surface area (Å²) in [5.74, 6) is 1.64. The van der Waals surface area contributed by atoms with Crippen molar-refractivity contribution in [2.45, 2.75) is 57.6 Å². The molecular weight excluding hydrogens is 649 g/mol. The van der Waals surface area contributed by atoms with Gasteiger partial charge in [-0.25, -0.2) is 4.79 Å². The number of rotatable bonds is 5. The van der Waals surface area contributed by atoms with E-state index in [0.29, 0.717) is 12.0 Å². The first-order valence-electron chi connectivity index (χ1n) is 16.6. The van der Waals surface area contributed by atoms with Gasteiger partial charge in [-0.2, -0.15) is 5.26 Å². The van der Waals surface area contributed by atoms with Crippen molar-refractivity contribution in [2.75, 3.05) is 4.90 Å². The number of ether oxygens (including phenoxy) is 1. The zero-order chi connectivity index (χ0) is 32.7. The Labute approximate surface area is 292 Å². The number of hydrogen-bond acceptors (Lipinski definition) is 7. The molecule has 2 bridgehead atoms. The second-order valence-electron chi connectivity index (χ2n) is 14.3. The molecule has 7 heteroatoms. The van der Waals surface area contributed by atoms with Gasteiger partial charge in [0.25, 0.3) is 0 Å². The fourth-order valence-electron chi connectivity index (χ4n) is 8.32. The molecule has 3 aromatic heterocycles. The van der Waals surface area contributed by atoms with Crippen LogP contribution in [0.3, 0.4) is 0 Å². The van der Waals surface area contributed by atoms with E-state index >= 15 is 0 Å². The van der Waals surface area contributed by atoms with Crippen LogP contribution in [0.1, 0.15) is 57.1 Å². The number of para-hydroxylation sites is 1. The molecule has 48 heavy (non-hydrogen) atoms. The summed E-state index contributed by atoms with van der Waals surface area (Å²) in [6.07, 6.45) is 5.71. The van der Waals surface area contributed by atoms with Gasteiger partial charge in [0, 0.05) is 42.5 Å². The zero-order valence-corrected chi connectivity index (χ0v) is 29.5. The van der Waals surface area contributed by atoms with Crippen molar-refractivity contribution in [2.24, 2.45) is 11.8 Å². The topological polar surface area (TPSA) is 53.3 Å². The number of fused-ring (bicyclic) bond motifs is 10. The second kappa shape index (κ2) is 11.2. The summed E-state index contributed by atoms with van der Waals surface area (Å²) in [7, 11) is 0. The molecular formula is C41H34N2O2S3. The molecule has 4 heterocycles. The van der Waals surface area contributed by atoms with Crippen LogP contribution in [-0.4, -0.2) is 17.6 Å². The second-order valence-corrected chi connectivity index (χ2v) is 17.5. The van der Waals surface area contributed by atoms with E-state index in [-0.39, 0.29) is 5.57 Å². The molecule has 6 aromatic rings. The third kappa shape index (κ3) is 4.92. The Hall–Kier alpha value is -4.22. The fraction of sp³-hybridized carbons (Fsp3) is 0.268. The fourth-order valence-corrected chi connectivity index (χ4v) is 12.3. The lowest BCUT2D eigenvalue weighted by atomic mass is 9.82. The molecule has 2 saturated carbocycles. The van der Waals surface area contributed by atoms with Crippen LogP contribution in [0.5, 0.6) is 0 Å². The predicted octanol–water partition coefficient (Wildman–Crippen LogP) is 11.8. The molecule has 3 aliphatic rings. The summed E-state index contributed by atoms with van der Waals surface area (Å²) in [4.78, 5) is 17.7. The van der Waals surface area contributed by atoms with E-state index in [1.54, 1.807) is 32.4 Å². The number of esters is 1. The minimum atomic E-state index is -0.651. The van der Waals surface area contributed by atoms with Crippen molar-refractivity contribution in [3.63, 3.8) is 0 Å². The van der Waals surface area contributed by atoms with Crippen LogP contribution in [-0.2, 0) is 9.53 Å². The Balaban J connectivity index is 1.01. The van der Waals surface area contributed by atoms with Gasteiger partial charge in [-0.3, -0.25) is 0 Å². The number of carbonyl (C=O) groups excluding carboxylic acids is 1. The predicted molar refractivity (Wildman–Crippen MR) is 201 cm³/mol. The highest BCUT2D eigenvalue weighted by Crippen LogP contribution is 2.63. The number of carbonyl (C=O) groups is 1. The molecule has 9 rings (SSSR count). The lowest BCUT2D eigenvalue weighted by Gasteiger charge is -2.33. The van der Waals surface area contributed by atoms with Crippen LogP contribution in [0.2, 0.25) is 0 Å². The van der Waals surface area contributed by atoms with E-state index in [1.807, 2.05) is 52.2 Å². The van der Waals surface area contributed by atoms with E-state index in [4.69, 9.17) is 4.74 Å². The van der Waals surface area contributed by atoms with Crippen molar-refractivity contribution in [3.8, 4) is 27.0 Å². The summed E-state index contributed by atoms with van der Waals surface area (Å²) in [5, 5.41) is 9.54. The van der Waals surface area contributed by atoms with Crippen molar-refractivity contribution in [1.29, 1.82) is 5.26 Å². The Kier molecular flexibility index (Phi) is 6.95. The van der Waals surface area contributed by atoms with Gasteiger partial charge >= 0.3 is 5.97 Å². The molecule has 0 N–H and O–H groups in total. The Morgan fingerprint density at radius 2 is 1.52 bits per heavy atom. The maximum atomic E-state index is 12.4. The van der Waals surface area contributed by atoms with Crippen LogP contribution >= 0.6 is 34.0 Å². The number of thiophene rings is 3. The molecule has 0 saturated heterocycles. The summed E-state index contributed by atoms with van der Waals surface area (Å²) >= 11 is 5.64. The van der Waals surface area contributed by atoms with Crippen molar-refractivity contribution < 1.29 is 9.53 Å². The van der Waals surface area contributed by atoms with E-state index in [1.165, 1.54) is 64.8 Å². The van der Waals surface area contributed by atoms with Gasteiger partial charge in [-0.05, 0) is 117 Å². The largest absolute Gasteiger partial charge is 0.456 e. The molecule has 0 amide bonds. The van der Waals surface area contributed by atoms with Gasteiger partial charge in [-0.15, -0.1) is 34.0 Å². The zero-order valence-electron chi connectivity index (χ0n) is 27.0. The van der Waals surface area contributed by atoms with Crippen LogP contribution in [0.4, 0.5) is 11.4 Å². The monoisotopic (exact) mass is 682 g/mol. The minimum absolute atomic E-state index is 0.00242. The number of benzene rings is 3. The normalized spacial score (nSPS) is 21.5. The van der Waals surface area contributed by atoms with Gasteiger partial charge in [0.1, 0.15) is 17.2 Å². The van der Waals surface area contributed by atoms with Gasteiger partial charge < -0.3 is 9.64 Å². The van der Waals surface area contributed by atoms with Gasteiger partial charge in [0.15, 0.2) is 0 Å². The molecule has 1 aliphatic heterocycles. The SMILES string of the molecule is CC(C)(C)OC(=O)/C(C#N)=C/c1ccc(-c2cc3sc4cc(-c5ccc6c(c5)C5C7CCC(C7)C5N6c5ccccc5)sc4c3s2)cc1. The maximum absolute atomic E-state index is 12.4. The summed E-state index contributed by atoms with van der Waals surface area (Å²) in [6.45, 7) is 5.39. The highest BCUT2D eigenvalue weighted by Gasteiger charge is 2.55. The lowest BCUT2D eigenvalue weighted by Crippen LogP contribution is -2.35. The van der Waals surface area contributed by atoms with Gasteiger partial charge in [0.05, 0.1) is 9.40 Å². The average Bonchev–Trinajstić information content (AvgIpc) is 3.91. The summed E-state index contributed by atoms with van der Waals surface area (Å²) in [5.41, 5.74) is 6.91. The minimum Gasteiger partial charge on any atom is -0.456 e. The van der Waals surface area contributed by atoms with Crippen LogP contribution < -0.4 is 4.90 Å². The Morgan fingerprint density at radius 3 is 2.21 bits per heavy atom. The Morgan fingerprint density at radius 1 is 0.854 bits per heavy atom. The quantitative estimate of drug-likeness (QED) is 0.103. The van der Waals surface area contributed by atoms with E-state index in [9.17, 15) is 10.1 Å². The van der Waals surface area contributed by atoms with Crippen LogP contribution in [0.15, 0.2) is 90.5 Å². The Bertz CT molecular complexity index is 2300. The van der Waals surface area contributed by atoms with E-state index in [0.717, 1.165) is 23.0 Å². The molecule has 0 radical (unpaired) electrons. The lowest BCUT2D eigenvalue weighted by molar-refractivity contribution is -0.149. The number of hydrogen-bond donors (Lipinski definition) is 0. The van der Waals surface area contributed by atoms with Crippen molar-refractivity contribution in [1.82, 2.24) is 0 Å². The molecule has 238 valence electrons. The highest BCUT2D eigenvalue weighted by molar-refractivity contribution is 7.40. The molecule has 4 nitrogen and oxygen atoms in total. The first-order chi connectivity index (χ1) is 23.2. The third-order valence-corrected chi connectivity index (χ3v) is 14.1. The summed E-state index contributed by atoms with van der Waals surface area (Å²) in [6, 6.07) is 33.6. The number of nitriles is 1. The van der Waals surface area contributed by atoms with Crippen LogP contribution in [0.25, 0.3) is 45.8 Å². The molecule has 0 spiro atoms. The first kappa shape index (κ1) is 29.9. The molecule has 2 fully saturated rings. The standard InChI is InChI=1S/C41H34N2O2S3/c1-41(2,3)45-40(44)28(22-42)17-23-9-11-24(12-10-23)32-20-34-38(47-32)39-35(46-34)21-33(48-39)25-15-16-31-30(19-25)36-26-13-14-27(18-26)37(36)43(31)29-7-5-4-6-8-29/h4-12,15-17,19-21,26-27,36-37H,13-14,18H2,1-3H3/b28-17+. The highest BCUT2D eigenvalue weighted by atomic mass is 32.1. The molecule has 4 atom stereocenters. The molecule has 3 aromatic carbocycles. The average molecular weight is 683 g/mol. The smallest absolute Gasteiger partial charge is 0.349 e. The van der Waals surface area contributed by atoms with E-state index in [2.05, 4.69) is 77.7 Å². The number of anilines is 2. The van der Waals surface area contributed by atoms with E-state index < -0.39 is 11.6 Å².